The highest BCUT2D eigenvalue weighted by Crippen LogP contribution is 2.28. The maximum absolute atomic E-state index is 10.8. The van der Waals surface area contributed by atoms with Gasteiger partial charge in [0.05, 0.1) is 0 Å². The molecular weight excluding hydrogens is 160 g/mol. The third-order valence-corrected chi connectivity index (χ3v) is 3.40. The molecule has 0 aromatic heterocycles. The highest BCUT2D eigenvalue weighted by Gasteiger charge is 2.19. The van der Waals surface area contributed by atoms with Gasteiger partial charge in [0.25, 0.3) is 0 Å². The van der Waals surface area contributed by atoms with Crippen LogP contribution in [0.2, 0.25) is 0 Å². The second-order valence-corrected chi connectivity index (χ2v) is 4.31. The lowest BCUT2D eigenvalue weighted by molar-refractivity contribution is -0.112. The molecule has 1 unspecified atom stereocenters. The monoisotopic (exact) mass is 182 g/mol. The summed E-state index contributed by atoms with van der Waals surface area (Å²) in [6.45, 7) is 2.14. The molecule has 0 aliphatic heterocycles. The Morgan fingerprint density at radius 1 is 1.15 bits per heavy atom. The van der Waals surface area contributed by atoms with Gasteiger partial charge < -0.3 is 4.79 Å². The zero-order chi connectivity index (χ0) is 9.52. The smallest absolute Gasteiger partial charge is 0.123 e. The van der Waals surface area contributed by atoms with E-state index in [0.717, 1.165) is 6.42 Å². The van der Waals surface area contributed by atoms with Crippen molar-refractivity contribution in [1.82, 2.24) is 0 Å². The van der Waals surface area contributed by atoms with E-state index in [2.05, 4.69) is 6.92 Å². The van der Waals surface area contributed by atoms with E-state index in [1.165, 1.54) is 51.2 Å². The lowest BCUT2D eigenvalue weighted by Gasteiger charge is -2.23. The van der Waals surface area contributed by atoms with Crippen molar-refractivity contribution >= 4 is 6.29 Å². The molecule has 0 amide bonds. The van der Waals surface area contributed by atoms with Crippen LogP contribution in [0.3, 0.4) is 0 Å². The molecule has 0 spiro atoms. The van der Waals surface area contributed by atoms with Crippen LogP contribution in [0.25, 0.3) is 0 Å². The predicted octanol–water partition coefficient (Wildman–Crippen LogP) is 3.57. The van der Waals surface area contributed by atoms with E-state index in [-0.39, 0.29) is 0 Å². The maximum Gasteiger partial charge on any atom is 0.123 e. The normalized spacial score (nSPS) is 23.2. The van der Waals surface area contributed by atoms with Gasteiger partial charge in [-0.05, 0) is 25.2 Å². The SMILES string of the molecule is CCC(C=O)C1CCCCCCC1. The third kappa shape index (κ3) is 3.50. The van der Waals surface area contributed by atoms with E-state index >= 15 is 0 Å². The number of carbonyl (C=O) groups excluding carboxylic acids is 1. The summed E-state index contributed by atoms with van der Waals surface area (Å²) in [6.07, 6.45) is 11.7. The van der Waals surface area contributed by atoms with Gasteiger partial charge in [0.15, 0.2) is 0 Å². The summed E-state index contributed by atoms with van der Waals surface area (Å²) >= 11 is 0. The van der Waals surface area contributed by atoms with Crippen LogP contribution in [0.5, 0.6) is 0 Å². The van der Waals surface area contributed by atoms with Gasteiger partial charge in [0.2, 0.25) is 0 Å². The van der Waals surface area contributed by atoms with Crippen molar-refractivity contribution in [1.29, 1.82) is 0 Å². The second-order valence-electron chi connectivity index (χ2n) is 4.31. The van der Waals surface area contributed by atoms with Gasteiger partial charge in [-0.25, -0.2) is 0 Å². The molecule has 0 saturated heterocycles. The van der Waals surface area contributed by atoms with E-state index in [1.54, 1.807) is 0 Å². The number of hydrogen-bond acceptors (Lipinski definition) is 1. The van der Waals surface area contributed by atoms with Crippen molar-refractivity contribution < 1.29 is 4.79 Å². The first-order valence-electron chi connectivity index (χ1n) is 5.83. The summed E-state index contributed by atoms with van der Waals surface area (Å²) in [6, 6.07) is 0. The Morgan fingerprint density at radius 3 is 2.15 bits per heavy atom. The molecule has 0 aromatic carbocycles. The number of hydrogen-bond donors (Lipinski definition) is 0. The summed E-state index contributed by atoms with van der Waals surface area (Å²) in [5, 5.41) is 0. The molecule has 0 radical (unpaired) electrons. The van der Waals surface area contributed by atoms with E-state index in [9.17, 15) is 4.79 Å². The van der Waals surface area contributed by atoms with Gasteiger partial charge in [-0.15, -0.1) is 0 Å². The largest absolute Gasteiger partial charge is 0.303 e. The van der Waals surface area contributed by atoms with Crippen molar-refractivity contribution in [3.8, 4) is 0 Å². The van der Waals surface area contributed by atoms with Crippen molar-refractivity contribution in [2.45, 2.75) is 58.3 Å². The molecule has 1 saturated carbocycles. The van der Waals surface area contributed by atoms with Gasteiger partial charge >= 0.3 is 0 Å². The van der Waals surface area contributed by atoms with Crippen LogP contribution in [0.4, 0.5) is 0 Å². The fourth-order valence-corrected chi connectivity index (χ4v) is 2.46. The summed E-state index contributed by atoms with van der Waals surface area (Å²) in [7, 11) is 0. The van der Waals surface area contributed by atoms with Crippen molar-refractivity contribution in [2.24, 2.45) is 11.8 Å². The van der Waals surface area contributed by atoms with Gasteiger partial charge in [-0.2, -0.15) is 0 Å². The average Bonchev–Trinajstić information content (AvgIpc) is 2.09. The van der Waals surface area contributed by atoms with Crippen LogP contribution in [-0.4, -0.2) is 6.29 Å². The second kappa shape index (κ2) is 6.17. The standard InChI is InChI=1S/C12H22O/c1-2-11(10-13)12-8-6-4-3-5-7-9-12/h10-12H,2-9H2,1H3. The van der Waals surface area contributed by atoms with Crippen molar-refractivity contribution in [2.75, 3.05) is 0 Å². The van der Waals surface area contributed by atoms with Gasteiger partial charge in [-0.1, -0.05) is 39.0 Å². The molecule has 1 atom stereocenters. The Balaban J connectivity index is 2.39. The fraction of sp³-hybridized carbons (Fsp3) is 0.917. The molecule has 1 aliphatic carbocycles. The minimum atomic E-state index is 0.345. The Labute approximate surface area is 81.9 Å². The minimum Gasteiger partial charge on any atom is -0.303 e. The number of rotatable bonds is 3. The summed E-state index contributed by atoms with van der Waals surface area (Å²) in [4.78, 5) is 10.8. The molecule has 1 aliphatic rings. The van der Waals surface area contributed by atoms with Crippen LogP contribution < -0.4 is 0 Å². The highest BCUT2D eigenvalue weighted by molar-refractivity contribution is 5.53. The molecule has 0 heterocycles. The van der Waals surface area contributed by atoms with Gasteiger partial charge in [0, 0.05) is 5.92 Å². The minimum absolute atomic E-state index is 0.345. The van der Waals surface area contributed by atoms with E-state index in [0.29, 0.717) is 11.8 Å². The van der Waals surface area contributed by atoms with Gasteiger partial charge in [-0.3, -0.25) is 0 Å². The van der Waals surface area contributed by atoms with Crippen molar-refractivity contribution in [3.05, 3.63) is 0 Å². The average molecular weight is 182 g/mol. The molecule has 1 rings (SSSR count). The van der Waals surface area contributed by atoms with E-state index in [1.807, 2.05) is 0 Å². The molecule has 1 fully saturated rings. The molecule has 1 nitrogen and oxygen atoms in total. The molecule has 13 heavy (non-hydrogen) atoms. The fourth-order valence-electron chi connectivity index (χ4n) is 2.46. The van der Waals surface area contributed by atoms with Crippen LogP contribution in [0.1, 0.15) is 58.3 Å². The lowest BCUT2D eigenvalue weighted by atomic mass is 9.81. The van der Waals surface area contributed by atoms with Gasteiger partial charge in [0.1, 0.15) is 6.29 Å². The van der Waals surface area contributed by atoms with E-state index in [4.69, 9.17) is 0 Å². The lowest BCUT2D eigenvalue weighted by Crippen LogP contribution is -2.16. The molecule has 0 bridgehead atoms. The third-order valence-electron chi connectivity index (χ3n) is 3.40. The summed E-state index contributed by atoms with van der Waals surface area (Å²) in [5.41, 5.74) is 0. The highest BCUT2D eigenvalue weighted by atomic mass is 16.1. The quantitative estimate of drug-likeness (QED) is 0.610. The first-order chi connectivity index (χ1) is 6.38. The number of aldehydes is 1. The molecule has 76 valence electrons. The van der Waals surface area contributed by atoms with Crippen LogP contribution in [0.15, 0.2) is 0 Å². The zero-order valence-corrected chi connectivity index (χ0v) is 8.80. The first-order valence-corrected chi connectivity index (χ1v) is 5.83. The molecule has 0 aromatic rings. The predicted molar refractivity (Wildman–Crippen MR) is 55.7 cm³/mol. The molecular formula is C12H22O. The Kier molecular flexibility index (Phi) is 5.10. The summed E-state index contributed by atoms with van der Waals surface area (Å²) < 4.78 is 0. The van der Waals surface area contributed by atoms with Crippen molar-refractivity contribution in [3.63, 3.8) is 0 Å². The topological polar surface area (TPSA) is 17.1 Å². The van der Waals surface area contributed by atoms with Crippen LogP contribution in [-0.2, 0) is 4.79 Å². The molecule has 0 N–H and O–H groups in total. The number of carbonyl (C=O) groups is 1. The van der Waals surface area contributed by atoms with Crippen LogP contribution >= 0.6 is 0 Å². The molecule has 1 heteroatoms. The van der Waals surface area contributed by atoms with E-state index < -0.39 is 0 Å². The van der Waals surface area contributed by atoms with Crippen LogP contribution in [0, 0.1) is 11.8 Å². The first kappa shape index (κ1) is 10.7. The maximum atomic E-state index is 10.8. The zero-order valence-electron chi connectivity index (χ0n) is 8.80. The Bertz CT molecular complexity index is 134. The Hall–Kier alpha value is -0.330. The summed E-state index contributed by atoms with van der Waals surface area (Å²) in [5.74, 6) is 1.04. The Morgan fingerprint density at radius 2 is 1.69 bits per heavy atom.